The van der Waals surface area contributed by atoms with Gasteiger partial charge in [0, 0.05) is 12.8 Å². The predicted octanol–water partition coefficient (Wildman–Crippen LogP) is -3.02. The van der Waals surface area contributed by atoms with E-state index in [2.05, 4.69) is 15.5 Å². The summed E-state index contributed by atoms with van der Waals surface area (Å²) in [4.78, 5) is 0. The largest absolute Gasteiger partial charge is 0.361 e. The Morgan fingerprint density at radius 1 is 1.14 bits per heavy atom. The van der Waals surface area contributed by atoms with Crippen LogP contribution >= 0.6 is 0 Å². The summed E-state index contributed by atoms with van der Waals surface area (Å²) in [6.07, 6.45) is -0.0662. The second kappa shape index (κ2) is 2.70. The smallest absolute Gasteiger partial charge is 0.238 e. The molecule has 78 valence electrons. The summed E-state index contributed by atoms with van der Waals surface area (Å²) >= 11 is 0. The minimum atomic E-state index is -2.65. The lowest BCUT2D eigenvalue weighted by Gasteiger charge is -2.32. The minimum absolute atomic E-state index is 0.170. The molecule has 1 aromatic rings. The maximum Gasteiger partial charge on any atom is 0.238 e. The summed E-state index contributed by atoms with van der Waals surface area (Å²) in [5.41, 5.74) is 0. The average molecular weight is 202 g/mol. The number of rotatable bonds is 0. The minimum Gasteiger partial charge on any atom is -0.361 e. The Kier molecular flexibility index (Phi) is 1.83. The van der Waals surface area contributed by atoms with Gasteiger partial charge in [-0.2, -0.15) is 0 Å². The molecule has 0 radical (unpaired) electrons. The molecule has 0 spiro atoms. The first-order chi connectivity index (χ1) is 6.42. The number of aryl methyl sites for hydroxylation is 1. The SMILES string of the molecule is OC1(O)CCc2nnnn2CC1(O)O. The number of aliphatic hydroxyl groups is 4. The third kappa shape index (κ3) is 1.28. The molecule has 1 aliphatic heterocycles. The molecule has 14 heavy (non-hydrogen) atoms. The molecular weight excluding hydrogens is 192 g/mol. The van der Waals surface area contributed by atoms with E-state index >= 15 is 0 Å². The van der Waals surface area contributed by atoms with E-state index in [9.17, 15) is 20.4 Å². The monoisotopic (exact) mass is 202 g/mol. The standard InChI is InChI=1S/C6H10N4O4/c11-5(12)2-1-4-7-8-9-10(4)3-6(5,13)14/h11-14H,1-3H2. The lowest BCUT2D eigenvalue weighted by atomic mass is 10.0. The van der Waals surface area contributed by atoms with Crippen LogP contribution in [0.1, 0.15) is 12.2 Å². The van der Waals surface area contributed by atoms with Crippen molar-refractivity contribution in [2.45, 2.75) is 31.0 Å². The number of aromatic nitrogens is 4. The topological polar surface area (TPSA) is 125 Å². The number of tetrazole rings is 1. The molecule has 2 heterocycles. The molecule has 0 atom stereocenters. The molecule has 2 rings (SSSR count). The van der Waals surface area contributed by atoms with Gasteiger partial charge in [0.05, 0.1) is 0 Å². The highest BCUT2D eigenvalue weighted by atomic mass is 16.6. The van der Waals surface area contributed by atoms with Gasteiger partial charge in [0.25, 0.3) is 0 Å². The van der Waals surface area contributed by atoms with Crippen LogP contribution in [0.4, 0.5) is 0 Å². The fourth-order valence-corrected chi connectivity index (χ4v) is 1.35. The van der Waals surface area contributed by atoms with Crippen molar-refractivity contribution in [3.05, 3.63) is 5.82 Å². The Balaban J connectivity index is 2.38. The molecule has 0 bridgehead atoms. The van der Waals surface area contributed by atoms with Gasteiger partial charge >= 0.3 is 0 Å². The first kappa shape index (κ1) is 9.46. The summed E-state index contributed by atoms with van der Waals surface area (Å²) in [7, 11) is 0. The van der Waals surface area contributed by atoms with E-state index < -0.39 is 18.1 Å². The molecule has 0 aromatic carbocycles. The third-order valence-electron chi connectivity index (χ3n) is 2.31. The highest BCUT2D eigenvalue weighted by Crippen LogP contribution is 2.27. The maximum atomic E-state index is 9.39. The van der Waals surface area contributed by atoms with Crippen molar-refractivity contribution in [1.82, 2.24) is 20.2 Å². The second-order valence-electron chi connectivity index (χ2n) is 3.39. The van der Waals surface area contributed by atoms with Gasteiger partial charge in [-0.05, 0) is 10.4 Å². The second-order valence-corrected chi connectivity index (χ2v) is 3.39. The van der Waals surface area contributed by atoms with E-state index in [1.807, 2.05) is 0 Å². The van der Waals surface area contributed by atoms with Gasteiger partial charge in [-0.3, -0.25) is 0 Å². The first-order valence-electron chi connectivity index (χ1n) is 4.07. The van der Waals surface area contributed by atoms with Crippen LogP contribution in [0.25, 0.3) is 0 Å². The summed E-state index contributed by atoms with van der Waals surface area (Å²) in [6, 6.07) is 0. The molecule has 0 aliphatic carbocycles. The Bertz CT molecular complexity index is 347. The van der Waals surface area contributed by atoms with E-state index in [0.717, 1.165) is 4.68 Å². The average Bonchev–Trinajstić information content (AvgIpc) is 2.44. The normalized spacial score (nSPS) is 24.0. The molecule has 8 heteroatoms. The lowest BCUT2D eigenvalue weighted by molar-refractivity contribution is -0.361. The summed E-state index contributed by atoms with van der Waals surface area (Å²) in [5, 5.41) is 47.9. The molecule has 1 aliphatic rings. The van der Waals surface area contributed by atoms with Gasteiger partial charge in [0.1, 0.15) is 6.54 Å². The van der Waals surface area contributed by atoms with Gasteiger partial charge in [0.15, 0.2) is 5.82 Å². The third-order valence-corrected chi connectivity index (χ3v) is 2.31. The Labute approximate surface area is 78.4 Å². The zero-order chi connectivity index (χ0) is 10.4. The lowest BCUT2D eigenvalue weighted by Crippen LogP contribution is -2.56. The molecule has 1 aromatic heterocycles. The highest BCUT2D eigenvalue weighted by Gasteiger charge is 2.49. The number of hydrogen-bond acceptors (Lipinski definition) is 7. The van der Waals surface area contributed by atoms with Gasteiger partial charge in [-0.15, -0.1) is 5.10 Å². The zero-order valence-electron chi connectivity index (χ0n) is 7.20. The fraction of sp³-hybridized carbons (Fsp3) is 0.833. The molecule has 4 N–H and O–H groups in total. The van der Waals surface area contributed by atoms with Crippen molar-refractivity contribution < 1.29 is 20.4 Å². The highest BCUT2D eigenvalue weighted by molar-refractivity contribution is 4.94. The molecule has 8 nitrogen and oxygen atoms in total. The van der Waals surface area contributed by atoms with E-state index in [1.54, 1.807) is 0 Å². The quantitative estimate of drug-likeness (QED) is 0.330. The maximum absolute atomic E-state index is 9.39. The van der Waals surface area contributed by atoms with Crippen molar-refractivity contribution in [2.24, 2.45) is 0 Å². The van der Waals surface area contributed by atoms with Crippen LogP contribution in [-0.4, -0.2) is 52.2 Å². The van der Waals surface area contributed by atoms with Crippen molar-refractivity contribution in [1.29, 1.82) is 0 Å². The molecule has 0 amide bonds. The van der Waals surface area contributed by atoms with E-state index in [0.29, 0.717) is 5.82 Å². The summed E-state index contributed by atoms with van der Waals surface area (Å²) < 4.78 is 1.13. The van der Waals surface area contributed by atoms with Gasteiger partial charge in [0.2, 0.25) is 11.6 Å². The predicted molar refractivity (Wildman–Crippen MR) is 40.5 cm³/mol. The molecule has 0 saturated carbocycles. The van der Waals surface area contributed by atoms with Crippen molar-refractivity contribution in [3.63, 3.8) is 0 Å². The molecular formula is C6H10N4O4. The first-order valence-corrected chi connectivity index (χ1v) is 4.07. The van der Waals surface area contributed by atoms with E-state index in [1.165, 1.54) is 0 Å². The van der Waals surface area contributed by atoms with Crippen molar-refractivity contribution in [3.8, 4) is 0 Å². The van der Waals surface area contributed by atoms with Crippen LogP contribution in [0.2, 0.25) is 0 Å². The van der Waals surface area contributed by atoms with Crippen LogP contribution in [0.15, 0.2) is 0 Å². The Hall–Kier alpha value is -1.09. The fourth-order valence-electron chi connectivity index (χ4n) is 1.35. The van der Waals surface area contributed by atoms with Crippen molar-refractivity contribution >= 4 is 0 Å². The molecule has 0 fully saturated rings. The number of hydrogen-bond donors (Lipinski definition) is 4. The van der Waals surface area contributed by atoms with Gasteiger partial charge in [-0.1, -0.05) is 0 Å². The van der Waals surface area contributed by atoms with Gasteiger partial charge < -0.3 is 20.4 Å². The van der Waals surface area contributed by atoms with E-state index in [4.69, 9.17) is 0 Å². The number of fused-ring (bicyclic) bond motifs is 1. The molecule has 0 saturated heterocycles. The zero-order valence-corrected chi connectivity index (χ0v) is 7.20. The van der Waals surface area contributed by atoms with Gasteiger partial charge in [-0.25, -0.2) is 4.68 Å². The summed E-state index contributed by atoms with van der Waals surface area (Å²) in [6.45, 7) is -0.470. The van der Waals surface area contributed by atoms with E-state index in [-0.39, 0.29) is 12.8 Å². The Morgan fingerprint density at radius 2 is 1.86 bits per heavy atom. The molecule has 0 unspecified atom stereocenters. The van der Waals surface area contributed by atoms with Crippen LogP contribution in [0.3, 0.4) is 0 Å². The Morgan fingerprint density at radius 3 is 2.57 bits per heavy atom. The van der Waals surface area contributed by atoms with Crippen LogP contribution < -0.4 is 0 Å². The summed E-state index contributed by atoms with van der Waals surface area (Å²) in [5.74, 6) is -4.81. The van der Waals surface area contributed by atoms with Crippen LogP contribution in [0, 0.1) is 0 Å². The van der Waals surface area contributed by atoms with Crippen molar-refractivity contribution in [2.75, 3.05) is 0 Å². The van der Waals surface area contributed by atoms with Crippen LogP contribution in [-0.2, 0) is 13.0 Å². The number of nitrogens with zero attached hydrogens (tertiary/aromatic N) is 4. The van der Waals surface area contributed by atoms with Crippen LogP contribution in [0.5, 0.6) is 0 Å².